The predicted octanol–water partition coefficient (Wildman–Crippen LogP) is 2.83. The maximum atomic E-state index is 5.03. The molecule has 1 N–H and O–H groups in total. The molecule has 0 aromatic carbocycles. The van der Waals surface area contributed by atoms with E-state index in [0.29, 0.717) is 5.41 Å². The van der Waals surface area contributed by atoms with Gasteiger partial charge >= 0.3 is 0 Å². The lowest BCUT2D eigenvalue weighted by molar-refractivity contribution is 0.189. The molecule has 0 amide bonds. The van der Waals surface area contributed by atoms with Crippen LogP contribution in [0.1, 0.15) is 46.0 Å². The lowest BCUT2D eigenvalue weighted by atomic mass is 9.82. The molecule has 1 aliphatic carbocycles. The molecule has 1 aliphatic rings. The second-order valence-corrected chi connectivity index (χ2v) is 5.69. The van der Waals surface area contributed by atoms with E-state index in [2.05, 4.69) is 19.2 Å². The van der Waals surface area contributed by atoms with Crippen molar-refractivity contribution in [1.82, 2.24) is 5.32 Å². The van der Waals surface area contributed by atoms with Crippen molar-refractivity contribution >= 4 is 0 Å². The summed E-state index contributed by atoms with van der Waals surface area (Å²) in [6, 6.07) is 0. The molecule has 0 unspecified atom stereocenters. The van der Waals surface area contributed by atoms with Crippen molar-refractivity contribution in [1.29, 1.82) is 0 Å². The van der Waals surface area contributed by atoms with Gasteiger partial charge in [0.1, 0.15) is 0 Å². The van der Waals surface area contributed by atoms with Crippen LogP contribution >= 0.6 is 0 Å². The topological polar surface area (TPSA) is 21.3 Å². The van der Waals surface area contributed by atoms with Crippen molar-refractivity contribution in [2.24, 2.45) is 11.3 Å². The molecule has 0 aromatic rings. The van der Waals surface area contributed by atoms with Crippen LogP contribution in [0.25, 0.3) is 0 Å². The van der Waals surface area contributed by atoms with Crippen LogP contribution in [0.15, 0.2) is 0 Å². The van der Waals surface area contributed by atoms with Crippen LogP contribution in [0.5, 0.6) is 0 Å². The van der Waals surface area contributed by atoms with Crippen LogP contribution in [0.3, 0.4) is 0 Å². The van der Waals surface area contributed by atoms with Crippen molar-refractivity contribution in [3.05, 3.63) is 0 Å². The van der Waals surface area contributed by atoms with E-state index >= 15 is 0 Å². The van der Waals surface area contributed by atoms with Gasteiger partial charge in [-0.2, -0.15) is 0 Å². The van der Waals surface area contributed by atoms with Gasteiger partial charge < -0.3 is 10.1 Å². The summed E-state index contributed by atoms with van der Waals surface area (Å²) in [4.78, 5) is 0. The second kappa shape index (κ2) is 6.49. The summed E-state index contributed by atoms with van der Waals surface area (Å²) < 4.78 is 5.03. The zero-order valence-corrected chi connectivity index (χ0v) is 10.6. The molecule has 0 atom stereocenters. The van der Waals surface area contributed by atoms with E-state index in [1.54, 1.807) is 7.11 Å². The molecule has 1 fully saturated rings. The third-order valence-electron chi connectivity index (χ3n) is 3.40. The average molecular weight is 213 g/mol. The second-order valence-electron chi connectivity index (χ2n) is 5.69. The lowest BCUT2D eigenvalue weighted by Gasteiger charge is -2.28. The maximum absolute atomic E-state index is 5.03. The van der Waals surface area contributed by atoms with Gasteiger partial charge in [0.05, 0.1) is 6.61 Å². The van der Waals surface area contributed by atoms with Gasteiger partial charge in [0.2, 0.25) is 0 Å². The molecule has 0 aromatic heterocycles. The Labute approximate surface area is 94.8 Å². The standard InChI is InChI=1S/C13H27NO/c1-13(2,11-14-8-9-15-3)10-12-6-4-5-7-12/h12,14H,4-11H2,1-3H3. The smallest absolute Gasteiger partial charge is 0.0587 e. The number of rotatable bonds is 7. The first-order valence-corrected chi connectivity index (χ1v) is 6.34. The summed E-state index contributed by atoms with van der Waals surface area (Å²) in [7, 11) is 1.76. The highest BCUT2D eigenvalue weighted by atomic mass is 16.5. The Morgan fingerprint density at radius 3 is 2.53 bits per heavy atom. The monoisotopic (exact) mass is 213 g/mol. The molecule has 1 saturated carbocycles. The van der Waals surface area contributed by atoms with Crippen LogP contribution in [0.4, 0.5) is 0 Å². The summed E-state index contributed by atoms with van der Waals surface area (Å²) in [6.45, 7) is 7.67. The number of hydrogen-bond donors (Lipinski definition) is 1. The van der Waals surface area contributed by atoms with Gasteiger partial charge in [-0.3, -0.25) is 0 Å². The minimum absolute atomic E-state index is 0.447. The third kappa shape index (κ3) is 5.53. The minimum atomic E-state index is 0.447. The molecular formula is C13H27NO. The molecule has 2 heteroatoms. The average Bonchev–Trinajstić information content (AvgIpc) is 2.64. The molecule has 1 rings (SSSR count). The first kappa shape index (κ1) is 13.0. The first-order chi connectivity index (χ1) is 7.14. The van der Waals surface area contributed by atoms with Gasteiger partial charge in [-0.25, -0.2) is 0 Å². The summed E-state index contributed by atoms with van der Waals surface area (Å²) in [5.74, 6) is 0.990. The van der Waals surface area contributed by atoms with E-state index in [9.17, 15) is 0 Å². The van der Waals surface area contributed by atoms with Crippen LogP contribution in [-0.4, -0.2) is 26.8 Å². The molecule has 0 spiro atoms. The largest absolute Gasteiger partial charge is 0.383 e. The molecular weight excluding hydrogens is 186 g/mol. The lowest BCUT2D eigenvalue weighted by Crippen LogP contribution is -2.32. The highest BCUT2D eigenvalue weighted by Gasteiger charge is 2.25. The maximum Gasteiger partial charge on any atom is 0.0587 e. The Bertz CT molecular complexity index is 162. The van der Waals surface area contributed by atoms with Gasteiger partial charge in [-0.05, 0) is 17.8 Å². The normalized spacial score (nSPS) is 18.6. The quantitative estimate of drug-likeness (QED) is 0.657. The Kier molecular flexibility index (Phi) is 5.62. The van der Waals surface area contributed by atoms with Gasteiger partial charge in [0.25, 0.3) is 0 Å². The molecule has 0 bridgehead atoms. The fourth-order valence-corrected chi connectivity index (χ4v) is 2.67. The molecule has 0 radical (unpaired) electrons. The van der Waals surface area contributed by atoms with E-state index in [1.807, 2.05) is 0 Å². The summed E-state index contributed by atoms with van der Waals surface area (Å²) >= 11 is 0. The van der Waals surface area contributed by atoms with Crippen LogP contribution in [0.2, 0.25) is 0 Å². The Hall–Kier alpha value is -0.0800. The van der Waals surface area contributed by atoms with Crippen molar-refractivity contribution in [2.45, 2.75) is 46.0 Å². The molecule has 0 saturated heterocycles. The Morgan fingerprint density at radius 2 is 1.93 bits per heavy atom. The van der Waals surface area contributed by atoms with Crippen molar-refractivity contribution in [2.75, 3.05) is 26.8 Å². The highest BCUT2D eigenvalue weighted by Crippen LogP contribution is 2.35. The van der Waals surface area contributed by atoms with Gasteiger partial charge in [-0.1, -0.05) is 39.5 Å². The van der Waals surface area contributed by atoms with Crippen molar-refractivity contribution in [3.8, 4) is 0 Å². The zero-order valence-electron chi connectivity index (χ0n) is 10.6. The van der Waals surface area contributed by atoms with E-state index in [0.717, 1.165) is 25.6 Å². The van der Waals surface area contributed by atoms with Crippen molar-refractivity contribution in [3.63, 3.8) is 0 Å². The number of hydrogen-bond acceptors (Lipinski definition) is 2. The van der Waals surface area contributed by atoms with E-state index in [-0.39, 0.29) is 0 Å². The number of methoxy groups -OCH3 is 1. The minimum Gasteiger partial charge on any atom is -0.383 e. The summed E-state index contributed by atoms with van der Waals surface area (Å²) in [6.07, 6.45) is 7.21. The number of nitrogens with one attached hydrogen (secondary N) is 1. The fourth-order valence-electron chi connectivity index (χ4n) is 2.67. The Morgan fingerprint density at radius 1 is 1.27 bits per heavy atom. The number of ether oxygens (including phenoxy) is 1. The summed E-state index contributed by atoms with van der Waals surface area (Å²) in [5, 5.41) is 3.48. The molecule has 0 aliphatic heterocycles. The third-order valence-corrected chi connectivity index (χ3v) is 3.40. The highest BCUT2D eigenvalue weighted by molar-refractivity contribution is 4.78. The van der Waals surface area contributed by atoms with Gasteiger partial charge in [0, 0.05) is 20.2 Å². The van der Waals surface area contributed by atoms with E-state index in [4.69, 9.17) is 4.74 Å². The van der Waals surface area contributed by atoms with Crippen LogP contribution in [0, 0.1) is 11.3 Å². The summed E-state index contributed by atoms with van der Waals surface area (Å²) in [5.41, 5.74) is 0.447. The first-order valence-electron chi connectivity index (χ1n) is 6.34. The predicted molar refractivity (Wildman–Crippen MR) is 65.1 cm³/mol. The van der Waals surface area contributed by atoms with Gasteiger partial charge in [0.15, 0.2) is 0 Å². The molecule has 90 valence electrons. The van der Waals surface area contributed by atoms with Crippen LogP contribution < -0.4 is 5.32 Å². The molecule has 2 nitrogen and oxygen atoms in total. The van der Waals surface area contributed by atoms with E-state index in [1.165, 1.54) is 32.1 Å². The van der Waals surface area contributed by atoms with Crippen LogP contribution in [-0.2, 0) is 4.74 Å². The SMILES string of the molecule is COCCNCC(C)(C)CC1CCCC1. The fraction of sp³-hybridized carbons (Fsp3) is 1.00. The molecule has 0 heterocycles. The van der Waals surface area contributed by atoms with E-state index < -0.39 is 0 Å². The van der Waals surface area contributed by atoms with Crippen molar-refractivity contribution < 1.29 is 4.74 Å². The Balaban J connectivity index is 2.12. The zero-order chi connectivity index (χ0) is 11.1. The van der Waals surface area contributed by atoms with Gasteiger partial charge in [-0.15, -0.1) is 0 Å². The molecule has 15 heavy (non-hydrogen) atoms.